The first-order valence-electron chi connectivity index (χ1n) is 6.17. The molecule has 0 atom stereocenters. The summed E-state index contributed by atoms with van der Waals surface area (Å²) < 4.78 is 25.9. The van der Waals surface area contributed by atoms with Crippen molar-refractivity contribution in [2.45, 2.75) is 36.9 Å². The number of aromatic nitrogens is 2. The van der Waals surface area contributed by atoms with Gasteiger partial charge in [-0.15, -0.1) is 10.2 Å². The summed E-state index contributed by atoms with van der Waals surface area (Å²) in [4.78, 5) is 11.2. The number of hydrogen-bond acceptors (Lipinski definition) is 6. The quantitative estimate of drug-likeness (QED) is 0.840. The van der Waals surface area contributed by atoms with Crippen LogP contribution in [-0.4, -0.2) is 41.9 Å². The summed E-state index contributed by atoms with van der Waals surface area (Å²) in [6, 6.07) is 0. The van der Waals surface area contributed by atoms with Crippen molar-refractivity contribution < 1.29 is 13.2 Å². The molecule has 1 aliphatic rings. The average molecular weight is 304 g/mol. The molecule has 1 aromatic heterocycles. The maximum absolute atomic E-state index is 12.3. The van der Waals surface area contributed by atoms with Crippen molar-refractivity contribution in [3.05, 3.63) is 0 Å². The van der Waals surface area contributed by atoms with Crippen LogP contribution in [0.5, 0.6) is 0 Å². The molecule has 1 aliphatic heterocycles. The Morgan fingerprint density at radius 2 is 2.00 bits per heavy atom. The van der Waals surface area contributed by atoms with Crippen molar-refractivity contribution in [2.75, 3.05) is 18.4 Å². The lowest BCUT2D eigenvalue weighted by atomic mass is 10.2. The molecule has 0 spiro atoms. The second kappa shape index (κ2) is 5.93. The Labute approximate surface area is 116 Å². The highest BCUT2D eigenvalue weighted by atomic mass is 32.2. The molecule has 7 nitrogen and oxygen atoms in total. The van der Waals surface area contributed by atoms with Crippen molar-refractivity contribution in [3.63, 3.8) is 0 Å². The number of carbonyl (C=O) groups is 1. The summed E-state index contributed by atoms with van der Waals surface area (Å²) >= 11 is 0.893. The van der Waals surface area contributed by atoms with Crippen LogP contribution in [0.3, 0.4) is 0 Å². The van der Waals surface area contributed by atoms with E-state index in [1.807, 2.05) is 0 Å². The highest BCUT2D eigenvalue weighted by Crippen LogP contribution is 2.25. The van der Waals surface area contributed by atoms with Gasteiger partial charge in [-0.3, -0.25) is 4.79 Å². The number of amides is 1. The third kappa shape index (κ3) is 3.28. The molecule has 1 aromatic rings. The lowest BCUT2D eigenvalue weighted by Gasteiger charge is -2.24. The van der Waals surface area contributed by atoms with E-state index in [1.54, 1.807) is 6.92 Å². The number of piperidine rings is 1. The van der Waals surface area contributed by atoms with E-state index < -0.39 is 10.0 Å². The van der Waals surface area contributed by atoms with Crippen molar-refractivity contribution >= 4 is 32.4 Å². The van der Waals surface area contributed by atoms with Gasteiger partial charge in [-0.05, 0) is 12.8 Å². The molecule has 0 aromatic carbocycles. The number of nitrogens with zero attached hydrogens (tertiary/aromatic N) is 3. The maximum atomic E-state index is 12.3. The van der Waals surface area contributed by atoms with Gasteiger partial charge >= 0.3 is 0 Å². The van der Waals surface area contributed by atoms with E-state index in [9.17, 15) is 13.2 Å². The molecular weight excluding hydrogens is 288 g/mol. The lowest BCUT2D eigenvalue weighted by Crippen LogP contribution is -2.35. The van der Waals surface area contributed by atoms with Gasteiger partial charge in [-0.1, -0.05) is 24.7 Å². The number of hydrogen-bond donors (Lipinski definition) is 1. The van der Waals surface area contributed by atoms with Gasteiger partial charge in [0, 0.05) is 19.5 Å². The largest absolute Gasteiger partial charge is 0.301 e. The van der Waals surface area contributed by atoms with Crippen molar-refractivity contribution in [3.8, 4) is 0 Å². The molecule has 0 bridgehead atoms. The lowest BCUT2D eigenvalue weighted by molar-refractivity contribution is -0.115. The van der Waals surface area contributed by atoms with Gasteiger partial charge in [0.2, 0.25) is 15.4 Å². The normalized spacial score (nSPS) is 17.3. The van der Waals surface area contributed by atoms with Gasteiger partial charge in [-0.2, -0.15) is 4.31 Å². The Bertz CT molecular complexity index is 549. The van der Waals surface area contributed by atoms with Gasteiger partial charge < -0.3 is 5.32 Å². The van der Waals surface area contributed by atoms with Gasteiger partial charge in [0.25, 0.3) is 10.0 Å². The highest BCUT2D eigenvalue weighted by molar-refractivity contribution is 7.91. The fraction of sp³-hybridized carbons (Fsp3) is 0.700. The summed E-state index contributed by atoms with van der Waals surface area (Å²) in [5.74, 6) is -0.210. The minimum Gasteiger partial charge on any atom is -0.301 e. The van der Waals surface area contributed by atoms with Gasteiger partial charge in [0.1, 0.15) is 0 Å². The highest BCUT2D eigenvalue weighted by Gasteiger charge is 2.29. The smallest absolute Gasteiger partial charge is 0.272 e. The van der Waals surface area contributed by atoms with Crippen LogP contribution in [0, 0.1) is 0 Å². The Morgan fingerprint density at radius 1 is 1.32 bits per heavy atom. The van der Waals surface area contributed by atoms with Crippen LogP contribution < -0.4 is 5.32 Å². The number of anilines is 1. The SMILES string of the molecule is CCC(=O)Nc1nnc(S(=O)(=O)N2CCCCC2)s1. The zero-order valence-electron chi connectivity index (χ0n) is 10.6. The van der Waals surface area contributed by atoms with Crippen LogP contribution >= 0.6 is 11.3 Å². The molecule has 106 valence electrons. The van der Waals surface area contributed by atoms with E-state index in [2.05, 4.69) is 15.5 Å². The summed E-state index contributed by atoms with van der Waals surface area (Å²) in [5.41, 5.74) is 0. The summed E-state index contributed by atoms with van der Waals surface area (Å²) in [7, 11) is -3.56. The Morgan fingerprint density at radius 3 is 2.63 bits per heavy atom. The first-order valence-corrected chi connectivity index (χ1v) is 8.43. The maximum Gasteiger partial charge on any atom is 0.272 e. The fourth-order valence-corrected chi connectivity index (χ4v) is 4.36. The van der Waals surface area contributed by atoms with Gasteiger partial charge in [0.15, 0.2) is 0 Å². The van der Waals surface area contributed by atoms with E-state index in [0.717, 1.165) is 30.6 Å². The third-order valence-corrected chi connectivity index (χ3v) is 5.93. The van der Waals surface area contributed by atoms with Gasteiger partial charge in [0.05, 0.1) is 0 Å². The molecule has 1 amide bonds. The van der Waals surface area contributed by atoms with E-state index >= 15 is 0 Å². The van der Waals surface area contributed by atoms with Crippen molar-refractivity contribution in [2.24, 2.45) is 0 Å². The average Bonchev–Trinajstić information content (AvgIpc) is 2.89. The minimum atomic E-state index is -3.56. The molecule has 1 saturated heterocycles. The Kier molecular flexibility index (Phi) is 4.48. The van der Waals surface area contributed by atoms with Crippen LogP contribution in [0.1, 0.15) is 32.6 Å². The van der Waals surface area contributed by atoms with Crippen LogP contribution in [0.25, 0.3) is 0 Å². The number of rotatable bonds is 4. The van der Waals surface area contributed by atoms with Crippen LogP contribution in [0.15, 0.2) is 4.34 Å². The molecule has 0 unspecified atom stereocenters. The second-order valence-electron chi connectivity index (χ2n) is 4.24. The predicted molar refractivity (Wildman–Crippen MR) is 71.4 cm³/mol. The first kappa shape index (κ1) is 14.4. The topological polar surface area (TPSA) is 92.3 Å². The fourth-order valence-electron chi connectivity index (χ4n) is 1.79. The second-order valence-corrected chi connectivity index (χ2v) is 7.33. The number of sulfonamides is 1. The number of nitrogens with one attached hydrogen (secondary N) is 1. The minimum absolute atomic E-state index is 0.0548. The summed E-state index contributed by atoms with van der Waals surface area (Å²) in [6.07, 6.45) is 3.11. The zero-order valence-corrected chi connectivity index (χ0v) is 12.3. The van der Waals surface area contributed by atoms with Crippen LogP contribution in [0.2, 0.25) is 0 Å². The van der Waals surface area contributed by atoms with Crippen LogP contribution in [0.4, 0.5) is 5.13 Å². The Hall–Kier alpha value is -1.06. The van der Waals surface area contributed by atoms with E-state index in [1.165, 1.54) is 4.31 Å². The summed E-state index contributed by atoms with van der Waals surface area (Å²) in [5, 5.41) is 10.1. The van der Waals surface area contributed by atoms with Crippen molar-refractivity contribution in [1.82, 2.24) is 14.5 Å². The molecule has 2 rings (SSSR count). The molecule has 2 heterocycles. The molecule has 1 N–H and O–H groups in total. The summed E-state index contributed by atoms with van der Waals surface area (Å²) in [6.45, 7) is 2.76. The van der Waals surface area contributed by atoms with Gasteiger partial charge in [-0.25, -0.2) is 8.42 Å². The Balaban J connectivity index is 2.14. The molecule has 0 aliphatic carbocycles. The molecule has 1 fully saturated rings. The molecule has 0 saturated carbocycles. The number of carbonyl (C=O) groups excluding carboxylic acids is 1. The molecule has 0 radical (unpaired) electrons. The zero-order chi connectivity index (χ0) is 13.9. The van der Waals surface area contributed by atoms with Crippen molar-refractivity contribution in [1.29, 1.82) is 0 Å². The molecular formula is C10H16N4O3S2. The molecule has 19 heavy (non-hydrogen) atoms. The third-order valence-electron chi connectivity index (χ3n) is 2.85. The standard InChI is InChI=1S/C10H16N4O3S2/c1-2-8(15)11-9-12-13-10(18-9)19(16,17)14-6-4-3-5-7-14/h2-7H2,1H3,(H,11,12,15). The van der Waals surface area contributed by atoms with E-state index in [0.29, 0.717) is 19.5 Å². The first-order chi connectivity index (χ1) is 9.04. The van der Waals surface area contributed by atoms with E-state index in [-0.39, 0.29) is 15.4 Å². The predicted octanol–water partition coefficient (Wildman–Crippen LogP) is 1.06. The van der Waals surface area contributed by atoms with E-state index in [4.69, 9.17) is 0 Å². The molecule has 9 heteroatoms. The van der Waals surface area contributed by atoms with Crippen LogP contribution in [-0.2, 0) is 14.8 Å². The monoisotopic (exact) mass is 304 g/mol.